The molecule has 2 saturated heterocycles. The van der Waals surface area contributed by atoms with E-state index >= 15 is 0 Å². The zero-order valence-electron chi connectivity index (χ0n) is 12.4. The minimum Gasteiger partial charge on any atom is -0.353 e. The predicted molar refractivity (Wildman–Crippen MR) is 82.1 cm³/mol. The van der Waals surface area contributed by atoms with Crippen molar-refractivity contribution in [2.45, 2.75) is 44.7 Å². The molecule has 0 saturated carbocycles. The molecule has 0 spiro atoms. The maximum atomic E-state index is 5.74. The molecule has 2 aromatic carbocycles. The van der Waals surface area contributed by atoms with Crippen LogP contribution in [-0.2, 0) is 25.6 Å². The summed E-state index contributed by atoms with van der Waals surface area (Å²) in [4.78, 5) is 0. The second-order valence-corrected chi connectivity index (χ2v) is 5.80. The van der Waals surface area contributed by atoms with Crippen LogP contribution >= 0.6 is 0 Å². The number of benzene rings is 2. The van der Waals surface area contributed by atoms with Gasteiger partial charge in [-0.05, 0) is 41.7 Å². The van der Waals surface area contributed by atoms with Crippen LogP contribution in [0.3, 0.4) is 0 Å². The van der Waals surface area contributed by atoms with E-state index in [-0.39, 0.29) is 18.9 Å². The Labute approximate surface area is 129 Å². The Balaban J connectivity index is 1.27. The molecule has 1 unspecified atom stereocenters. The Bertz CT molecular complexity index is 636. The van der Waals surface area contributed by atoms with Crippen molar-refractivity contribution in [3.63, 3.8) is 0 Å². The van der Waals surface area contributed by atoms with Gasteiger partial charge in [0.25, 0.3) is 0 Å². The van der Waals surface area contributed by atoms with E-state index in [2.05, 4.69) is 30.3 Å². The molecule has 22 heavy (non-hydrogen) atoms. The minimum atomic E-state index is -0.274. The van der Waals surface area contributed by atoms with Gasteiger partial charge in [-0.2, -0.15) is 0 Å². The second kappa shape index (κ2) is 6.34. The van der Waals surface area contributed by atoms with Crippen LogP contribution in [-0.4, -0.2) is 25.5 Å². The average Bonchev–Trinajstić information content (AvgIpc) is 3.31. The molecule has 2 aromatic rings. The molecule has 0 aromatic heterocycles. The van der Waals surface area contributed by atoms with Crippen LogP contribution in [0.15, 0.2) is 42.5 Å². The van der Waals surface area contributed by atoms with Crippen LogP contribution < -0.4 is 0 Å². The molecule has 0 amide bonds. The lowest BCUT2D eigenvalue weighted by molar-refractivity contribution is -0.186. The van der Waals surface area contributed by atoms with Gasteiger partial charge in [0, 0.05) is 6.61 Å². The largest absolute Gasteiger partial charge is 0.353 e. The van der Waals surface area contributed by atoms with Crippen LogP contribution in [0.4, 0.5) is 0 Å². The van der Waals surface area contributed by atoms with Crippen molar-refractivity contribution in [1.29, 1.82) is 0 Å². The molecule has 2 aliphatic heterocycles. The summed E-state index contributed by atoms with van der Waals surface area (Å²) in [5.41, 5.74) is 1.14. The van der Waals surface area contributed by atoms with Crippen molar-refractivity contribution in [2.75, 3.05) is 6.61 Å². The summed E-state index contributed by atoms with van der Waals surface area (Å²) >= 11 is 0. The van der Waals surface area contributed by atoms with E-state index in [1.807, 2.05) is 12.1 Å². The number of hydrogen-bond donors (Lipinski definition) is 0. The Morgan fingerprint density at radius 2 is 1.91 bits per heavy atom. The van der Waals surface area contributed by atoms with Crippen LogP contribution in [0.2, 0.25) is 0 Å². The number of ether oxygens (including phenoxy) is 4. The van der Waals surface area contributed by atoms with Crippen LogP contribution in [0.25, 0.3) is 10.8 Å². The smallest absolute Gasteiger partial charge is 0.214 e. The number of rotatable bonds is 5. The van der Waals surface area contributed by atoms with E-state index in [9.17, 15) is 0 Å². The lowest BCUT2D eigenvalue weighted by atomic mass is 10.1. The molecule has 116 valence electrons. The summed E-state index contributed by atoms with van der Waals surface area (Å²) in [6, 6.07) is 14.7. The fourth-order valence-corrected chi connectivity index (χ4v) is 2.78. The summed E-state index contributed by atoms with van der Waals surface area (Å²) < 4.78 is 22.4. The quantitative estimate of drug-likeness (QED) is 0.791. The van der Waals surface area contributed by atoms with Crippen molar-refractivity contribution in [2.24, 2.45) is 0 Å². The van der Waals surface area contributed by atoms with Gasteiger partial charge >= 0.3 is 0 Å². The predicted octanol–water partition coefficient (Wildman–Crippen LogP) is 3.58. The maximum Gasteiger partial charge on any atom is 0.214 e. The van der Waals surface area contributed by atoms with Crippen molar-refractivity contribution >= 4 is 10.8 Å². The van der Waals surface area contributed by atoms with Gasteiger partial charge in [-0.3, -0.25) is 0 Å². The average molecular weight is 300 g/mol. The first-order valence-corrected chi connectivity index (χ1v) is 7.90. The Morgan fingerprint density at radius 1 is 1.00 bits per heavy atom. The van der Waals surface area contributed by atoms with Gasteiger partial charge in [0.05, 0.1) is 6.61 Å². The lowest BCUT2D eigenvalue weighted by Gasteiger charge is -2.21. The minimum absolute atomic E-state index is 0.131. The maximum absolute atomic E-state index is 5.74. The van der Waals surface area contributed by atoms with Gasteiger partial charge in [0.2, 0.25) is 12.6 Å². The van der Waals surface area contributed by atoms with Crippen LogP contribution in [0.1, 0.15) is 24.8 Å². The van der Waals surface area contributed by atoms with Crippen LogP contribution in [0, 0.1) is 0 Å². The number of epoxide rings is 1. The summed E-state index contributed by atoms with van der Waals surface area (Å²) in [5, 5.41) is 2.47. The Kier molecular flexibility index (Phi) is 4.08. The normalized spacial score (nSPS) is 27.9. The fraction of sp³-hybridized carbons (Fsp3) is 0.444. The van der Waals surface area contributed by atoms with E-state index in [1.165, 1.54) is 10.8 Å². The van der Waals surface area contributed by atoms with Gasteiger partial charge in [0.15, 0.2) is 6.29 Å². The first kappa shape index (κ1) is 14.2. The zero-order valence-corrected chi connectivity index (χ0v) is 12.4. The van der Waals surface area contributed by atoms with E-state index in [0.717, 1.165) is 31.4 Å². The molecular formula is C18H20O4. The first-order chi connectivity index (χ1) is 10.9. The van der Waals surface area contributed by atoms with Gasteiger partial charge < -0.3 is 18.9 Å². The van der Waals surface area contributed by atoms with Gasteiger partial charge in [-0.1, -0.05) is 36.4 Å². The number of hydrogen-bond acceptors (Lipinski definition) is 4. The van der Waals surface area contributed by atoms with Crippen molar-refractivity contribution in [3.05, 3.63) is 48.0 Å². The fourth-order valence-electron chi connectivity index (χ4n) is 2.78. The lowest BCUT2D eigenvalue weighted by Crippen LogP contribution is -2.24. The van der Waals surface area contributed by atoms with Crippen LogP contribution in [0.5, 0.6) is 0 Å². The van der Waals surface area contributed by atoms with Gasteiger partial charge in [0.1, 0.15) is 0 Å². The number of fused-ring (bicyclic) bond motifs is 1. The van der Waals surface area contributed by atoms with E-state index in [1.54, 1.807) is 0 Å². The Morgan fingerprint density at radius 3 is 2.77 bits per heavy atom. The molecular weight excluding hydrogens is 280 g/mol. The van der Waals surface area contributed by atoms with Crippen molar-refractivity contribution in [3.8, 4) is 0 Å². The highest BCUT2D eigenvalue weighted by Gasteiger charge is 2.43. The van der Waals surface area contributed by atoms with E-state index < -0.39 is 0 Å². The molecule has 0 radical (unpaired) electrons. The second-order valence-electron chi connectivity index (χ2n) is 5.80. The summed E-state index contributed by atoms with van der Waals surface area (Å²) in [5.74, 6) is 0. The Hall–Kier alpha value is -1.46. The summed E-state index contributed by atoms with van der Waals surface area (Å²) in [6.45, 7) is 1.31. The van der Waals surface area contributed by atoms with E-state index in [0.29, 0.717) is 6.61 Å². The molecule has 2 aliphatic rings. The highest BCUT2D eigenvalue weighted by atomic mass is 16.9. The molecule has 2 heterocycles. The van der Waals surface area contributed by atoms with Gasteiger partial charge in [-0.25, -0.2) is 0 Å². The highest BCUT2D eigenvalue weighted by molar-refractivity contribution is 5.82. The third-order valence-corrected chi connectivity index (χ3v) is 4.07. The molecule has 0 aliphatic carbocycles. The SMILES string of the molecule is c1ccc2cc(CO[C@H]3O[C@H]3OC3CCCCO3)ccc2c1. The van der Waals surface area contributed by atoms with Crippen molar-refractivity contribution < 1.29 is 18.9 Å². The first-order valence-electron chi connectivity index (χ1n) is 7.90. The van der Waals surface area contributed by atoms with Crippen molar-refractivity contribution in [1.82, 2.24) is 0 Å². The molecule has 3 atom stereocenters. The third-order valence-electron chi connectivity index (χ3n) is 4.07. The summed E-state index contributed by atoms with van der Waals surface area (Å²) in [6.07, 6.45) is 2.54. The highest BCUT2D eigenvalue weighted by Crippen LogP contribution is 2.29. The monoisotopic (exact) mass is 300 g/mol. The standard InChI is InChI=1S/C18H20O4/c1-2-6-15-11-13(8-9-14(15)5-1)12-20-17-18(22-17)21-16-7-3-4-10-19-16/h1-2,5-6,8-9,11,16-18H,3-4,7,10,12H2/t16?,17-,18+/m0/s1. The summed E-state index contributed by atoms with van der Waals surface area (Å²) in [7, 11) is 0. The third kappa shape index (κ3) is 3.31. The molecule has 0 bridgehead atoms. The molecule has 0 N–H and O–H groups in total. The zero-order chi connectivity index (χ0) is 14.8. The molecule has 4 nitrogen and oxygen atoms in total. The molecule has 4 heteroatoms. The van der Waals surface area contributed by atoms with E-state index in [4.69, 9.17) is 18.9 Å². The topological polar surface area (TPSA) is 40.2 Å². The molecule has 2 fully saturated rings. The van der Waals surface area contributed by atoms with Gasteiger partial charge in [-0.15, -0.1) is 0 Å². The molecule has 4 rings (SSSR count).